The number of ketones is 1. The Morgan fingerprint density at radius 1 is 1.28 bits per heavy atom. The molecule has 1 aromatic carbocycles. The summed E-state index contributed by atoms with van der Waals surface area (Å²) in [5.41, 5.74) is -0.809. The molecule has 4 heteroatoms. The molecule has 0 aliphatic carbocycles. The van der Waals surface area contributed by atoms with E-state index in [1.807, 2.05) is 0 Å². The van der Waals surface area contributed by atoms with Crippen LogP contribution in [-0.4, -0.2) is 23.1 Å². The number of benzene rings is 1. The van der Waals surface area contributed by atoms with Crippen molar-refractivity contribution < 1.29 is 19.5 Å². The maximum atomic E-state index is 12.0. The van der Waals surface area contributed by atoms with Crippen molar-refractivity contribution in [1.29, 1.82) is 0 Å². The first kappa shape index (κ1) is 14.1. The molecule has 0 aliphatic rings. The number of Topliss-reactive ketones (excluding diaryl/α,β-unsaturated/α-hetero) is 1. The van der Waals surface area contributed by atoms with Gasteiger partial charge in [0.1, 0.15) is 6.29 Å². The minimum atomic E-state index is -1.28. The average molecular weight is 248 g/mol. The van der Waals surface area contributed by atoms with E-state index in [9.17, 15) is 19.5 Å². The highest BCUT2D eigenvalue weighted by Crippen LogP contribution is 2.31. The van der Waals surface area contributed by atoms with Crippen LogP contribution in [0.4, 0.5) is 0 Å². The molecule has 1 rings (SSSR count). The Hall–Kier alpha value is -1.97. The molecule has 0 spiro atoms. The van der Waals surface area contributed by atoms with Gasteiger partial charge in [0.15, 0.2) is 5.78 Å². The summed E-state index contributed by atoms with van der Waals surface area (Å²) in [5, 5.41) is 9.24. The molecule has 1 atom stereocenters. The Labute approximate surface area is 106 Å². The van der Waals surface area contributed by atoms with Crippen LogP contribution in [0.5, 0.6) is 0 Å². The normalized spacial score (nSPS) is 13.6. The summed E-state index contributed by atoms with van der Waals surface area (Å²) in [7, 11) is 0. The average Bonchev–Trinajstić information content (AvgIpc) is 2.38. The number of hydrogen-bond acceptors (Lipinski definition) is 3. The van der Waals surface area contributed by atoms with Crippen LogP contribution in [0.3, 0.4) is 0 Å². The number of aldehydes is 1. The molecular weight excluding hydrogens is 232 g/mol. The van der Waals surface area contributed by atoms with E-state index < -0.39 is 11.4 Å². The predicted molar refractivity (Wildman–Crippen MR) is 66.4 cm³/mol. The third-order valence-corrected chi connectivity index (χ3v) is 3.20. The Morgan fingerprint density at radius 3 is 2.33 bits per heavy atom. The molecular formula is C14H16O4. The van der Waals surface area contributed by atoms with Crippen LogP contribution >= 0.6 is 0 Å². The molecule has 1 unspecified atom stereocenters. The van der Waals surface area contributed by atoms with Crippen LogP contribution in [-0.2, 0) is 9.59 Å². The van der Waals surface area contributed by atoms with Crippen molar-refractivity contribution in [2.75, 3.05) is 0 Å². The van der Waals surface area contributed by atoms with Crippen LogP contribution in [0.15, 0.2) is 30.3 Å². The fourth-order valence-electron chi connectivity index (χ4n) is 1.85. The summed E-state index contributed by atoms with van der Waals surface area (Å²) < 4.78 is 0. The van der Waals surface area contributed by atoms with Crippen molar-refractivity contribution in [3.63, 3.8) is 0 Å². The zero-order valence-electron chi connectivity index (χ0n) is 10.3. The molecule has 0 bridgehead atoms. The quantitative estimate of drug-likeness (QED) is 0.593. The van der Waals surface area contributed by atoms with Gasteiger partial charge in [-0.2, -0.15) is 0 Å². The Balaban J connectivity index is 2.94. The van der Waals surface area contributed by atoms with Crippen molar-refractivity contribution in [1.82, 2.24) is 0 Å². The SMILES string of the molecule is CCC(CC=O)(CC(=O)c1ccccc1)C(=O)O. The summed E-state index contributed by atoms with van der Waals surface area (Å²) in [6.07, 6.45) is 0.522. The fraction of sp³-hybridized carbons (Fsp3) is 0.357. The van der Waals surface area contributed by atoms with E-state index in [1.54, 1.807) is 37.3 Å². The number of rotatable bonds is 7. The first-order chi connectivity index (χ1) is 8.55. The lowest BCUT2D eigenvalue weighted by molar-refractivity contribution is -0.150. The van der Waals surface area contributed by atoms with Gasteiger partial charge < -0.3 is 9.90 Å². The summed E-state index contributed by atoms with van der Waals surface area (Å²) >= 11 is 0. The van der Waals surface area contributed by atoms with Crippen molar-refractivity contribution in [2.45, 2.75) is 26.2 Å². The molecule has 0 saturated carbocycles. The molecule has 0 saturated heterocycles. The second-order valence-electron chi connectivity index (χ2n) is 4.28. The lowest BCUT2D eigenvalue weighted by atomic mass is 9.77. The lowest BCUT2D eigenvalue weighted by Crippen LogP contribution is -2.33. The van der Waals surface area contributed by atoms with Gasteiger partial charge in [-0.25, -0.2) is 0 Å². The zero-order chi connectivity index (χ0) is 13.6. The number of aliphatic carboxylic acids is 1. The fourth-order valence-corrected chi connectivity index (χ4v) is 1.85. The Bertz CT molecular complexity index is 438. The minimum absolute atomic E-state index is 0.141. The standard InChI is InChI=1S/C14H16O4/c1-2-14(8-9-15,13(17)18)10-12(16)11-6-4-3-5-7-11/h3-7,9H,2,8,10H2,1H3,(H,17,18). The maximum Gasteiger partial charge on any atom is 0.310 e. The van der Waals surface area contributed by atoms with Gasteiger partial charge in [-0.05, 0) is 6.42 Å². The molecule has 0 fully saturated rings. The van der Waals surface area contributed by atoms with Crippen LogP contribution in [0, 0.1) is 5.41 Å². The number of carboxylic acids is 1. The summed E-state index contributed by atoms with van der Waals surface area (Å²) in [6.45, 7) is 1.68. The molecule has 96 valence electrons. The highest BCUT2D eigenvalue weighted by molar-refractivity contribution is 5.99. The molecule has 0 heterocycles. The molecule has 18 heavy (non-hydrogen) atoms. The second kappa shape index (κ2) is 6.10. The van der Waals surface area contributed by atoms with Gasteiger partial charge in [-0.3, -0.25) is 9.59 Å². The lowest BCUT2D eigenvalue weighted by Gasteiger charge is -2.25. The molecule has 1 aromatic rings. The van der Waals surface area contributed by atoms with Crippen LogP contribution in [0.2, 0.25) is 0 Å². The Kier molecular flexibility index (Phi) is 4.77. The second-order valence-corrected chi connectivity index (χ2v) is 4.28. The van der Waals surface area contributed by atoms with Gasteiger partial charge in [0.05, 0.1) is 5.41 Å². The van der Waals surface area contributed by atoms with Crippen LogP contribution in [0.1, 0.15) is 36.5 Å². The maximum absolute atomic E-state index is 12.0. The highest BCUT2D eigenvalue weighted by atomic mass is 16.4. The summed E-state index contributed by atoms with van der Waals surface area (Å²) in [6, 6.07) is 8.52. The number of carbonyl (C=O) groups is 3. The molecule has 0 aliphatic heterocycles. The van der Waals surface area contributed by atoms with Gasteiger partial charge in [-0.15, -0.1) is 0 Å². The van der Waals surface area contributed by atoms with Gasteiger partial charge in [0.2, 0.25) is 0 Å². The smallest absolute Gasteiger partial charge is 0.310 e. The van der Waals surface area contributed by atoms with Gasteiger partial charge in [0, 0.05) is 18.4 Å². The van der Waals surface area contributed by atoms with Crippen molar-refractivity contribution in [2.24, 2.45) is 5.41 Å². The minimum Gasteiger partial charge on any atom is -0.481 e. The van der Waals surface area contributed by atoms with E-state index in [0.717, 1.165) is 0 Å². The number of hydrogen-bond donors (Lipinski definition) is 1. The monoisotopic (exact) mass is 248 g/mol. The van der Waals surface area contributed by atoms with Crippen LogP contribution < -0.4 is 0 Å². The molecule has 0 radical (unpaired) electrons. The first-order valence-corrected chi connectivity index (χ1v) is 5.81. The van der Waals surface area contributed by atoms with E-state index in [1.165, 1.54) is 0 Å². The largest absolute Gasteiger partial charge is 0.481 e. The highest BCUT2D eigenvalue weighted by Gasteiger charge is 2.38. The van der Waals surface area contributed by atoms with Crippen molar-refractivity contribution in [3.8, 4) is 0 Å². The zero-order valence-corrected chi connectivity index (χ0v) is 10.3. The number of carboxylic acid groups (broad SMARTS) is 1. The van der Waals surface area contributed by atoms with Crippen LogP contribution in [0.25, 0.3) is 0 Å². The topological polar surface area (TPSA) is 71.4 Å². The van der Waals surface area contributed by atoms with E-state index in [4.69, 9.17) is 0 Å². The van der Waals surface area contributed by atoms with E-state index in [-0.39, 0.29) is 25.0 Å². The van der Waals surface area contributed by atoms with Gasteiger partial charge >= 0.3 is 5.97 Å². The third kappa shape index (κ3) is 3.03. The van der Waals surface area contributed by atoms with Gasteiger partial charge in [0.25, 0.3) is 0 Å². The van der Waals surface area contributed by atoms with E-state index in [0.29, 0.717) is 11.8 Å². The van der Waals surface area contributed by atoms with Crippen molar-refractivity contribution >= 4 is 18.0 Å². The van der Waals surface area contributed by atoms with Gasteiger partial charge in [-0.1, -0.05) is 37.3 Å². The first-order valence-electron chi connectivity index (χ1n) is 5.81. The third-order valence-electron chi connectivity index (χ3n) is 3.20. The summed E-state index contributed by atoms with van der Waals surface area (Å²) in [4.78, 5) is 33.9. The predicted octanol–water partition coefficient (Wildman–Crippen LogP) is 2.33. The Morgan fingerprint density at radius 2 is 1.89 bits per heavy atom. The summed E-state index contributed by atoms with van der Waals surface area (Å²) in [5.74, 6) is -1.34. The van der Waals surface area contributed by atoms with E-state index >= 15 is 0 Å². The number of carbonyl (C=O) groups excluding carboxylic acids is 2. The van der Waals surface area contributed by atoms with Crippen molar-refractivity contribution in [3.05, 3.63) is 35.9 Å². The molecule has 1 N–H and O–H groups in total. The van der Waals surface area contributed by atoms with E-state index in [2.05, 4.69) is 0 Å². The molecule has 0 amide bonds. The molecule has 4 nitrogen and oxygen atoms in total. The molecule has 0 aromatic heterocycles.